The number of thiophene rings is 1. The summed E-state index contributed by atoms with van der Waals surface area (Å²) in [6, 6.07) is 16.2. The van der Waals surface area contributed by atoms with Crippen LogP contribution in [-0.2, 0) is 22.5 Å². The van der Waals surface area contributed by atoms with Crippen molar-refractivity contribution in [3.63, 3.8) is 0 Å². The molecule has 4 rings (SSSR count). The van der Waals surface area contributed by atoms with Gasteiger partial charge in [-0.3, -0.25) is 9.59 Å². The van der Waals surface area contributed by atoms with E-state index in [4.69, 9.17) is 9.47 Å². The van der Waals surface area contributed by atoms with Gasteiger partial charge in [-0.2, -0.15) is 0 Å². The molecule has 2 aromatic carbocycles. The number of benzene rings is 2. The fourth-order valence-corrected chi connectivity index (χ4v) is 4.50. The molecule has 33 heavy (non-hydrogen) atoms. The van der Waals surface area contributed by atoms with E-state index in [9.17, 15) is 14.4 Å². The fraction of sp³-hybridized carbons (Fsp3) is 0.240. The number of ether oxygens (including phenoxy) is 2. The molecule has 2 amide bonds. The van der Waals surface area contributed by atoms with Gasteiger partial charge in [0.1, 0.15) is 10.8 Å². The van der Waals surface area contributed by atoms with Crippen LogP contribution in [0, 0.1) is 0 Å². The maximum absolute atomic E-state index is 12.8. The summed E-state index contributed by atoms with van der Waals surface area (Å²) >= 11 is 1.37. The second kappa shape index (κ2) is 9.87. The molecule has 0 saturated carbocycles. The average molecular weight is 465 g/mol. The number of carbonyl (C=O) groups is 3. The number of para-hydroxylation sites is 2. The van der Waals surface area contributed by atoms with Crippen molar-refractivity contribution in [2.45, 2.75) is 26.8 Å². The van der Waals surface area contributed by atoms with Gasteiger partial charge in [-0.05, 0) is 49.2 Å². The van der Waals surface area contributed by atoms with Crippen LogP contribution in [0.3, 0.4) is 0 Å². The summed E-state index contributed by atoms with van der Waals surface area (Å²) in [7, 11) is 0. The lowest BCUT2D eigenvalue weighted by molar-refractivity contribution is -0.121. The quantitative estimate of drug-likeness (QED) is 0.514. The molecule has 7 nitrogen and oxygen atoms in total. The summed E-state index contributed by atoms with van der Waals surface area (Å²) in [6.07, 6.45) is 0.755. The fourth-order valence-electron chi connectivity index (χ4n) is 3.52. The van der Waals surface area contributed by atoms with Crippen LogP contribution in [0.5, 0.6) is 5.75 Å². The van der Waals surface area contributed by atoms with Crippen molar-refractivity contribution < 1.29 is 23.9 Å². The summed E-state index contributed by atoms with van der Waals surface area (Å²) in [5.74, 6) is -0.210. The van der Waals surface area contributed by atoms with Crippen molar-refractivity contribution in [3.05, 3.63) is 76.2 Å². The van der Waals surface area contributed by atoms with E-state index in [-0.39, 0.29) is 25.0 Å². The van der Waals surface area contributed by atoms with Gasteiger partial charge < -0.3 is 19.7 Å². The van der Waals surface area contributed by atoms with Crippen molar-refractivity contribution in [3.8, 4) is 5.75 Å². The van der Waals surface area contributed by atoms with Crippen LogP contribution < -0.4 is 15.0 Å². The molecular weight excluding hydrogens is 440 g/mol. The SMILES string of the molecule is CCOC(=O)c1cc(CC)sc1NC(=O)c1ccc(CN2C(=O)COc3ccccc32)cc1. The van der Waals surface area contributed by atoms with E-state index in [1.807, 2.05) is 43.3 Å². The van der Waals surface area contributed by atoms with Gasteiger partial charge in [0.15, 0.2) is 6.61 Å². The van der Waals surface area contributed by atoms with Gasteiger partial charge in [-0.25, -0.2) is 4.79 Å². The lowest BCUT2D eigenvalue weighted by Gasteiger charge is -2.29. The predicted octanol–water partition coefficient (Wildman–Crippen LogP) is 4.67. The smallest absolute Gasteiger partial charge is 0.341 e. The minimum absolute atomic E-state index is 0.000857. The van der Waals surface area contributed by atoms with E-state index in [0.29, 0.717) is 28.4 Å². The standard InChI is InChI=1S/C25H24N2O5S/c1-3-18-13-19(25(30)31-4-2)24(33-18)26-23(29)17-11-9-16(10-12-17)14-27-20-7-5-6-8-21(20)32-15-22(27)28/h5-13H,3-4,14-15H2,1-2H3,(H,26,29). The van der Waals surface area contributed by atoms with Gasteiger partial charge in [0, 0.05) is 10.4 Å². The molecular formula is C25H24N2O5S. The van der Waals surface area contributed by atoms with Crippen molar-refractivity contribution >= 4 is 39.8 Å². The molecule has 1 aromatic heterocycles. The molecule has 0 atom stereocenters. The highest BCUT2D eigenvalue weighted by atomic mass is 32.1. The van der Waals surface area contributed by atoms with Crippen LogP contribution in [0.2, 0.25) is 0 Å². The number of hydrogen-bond acceptors (Lipinski definition) is 6. The summed E-state index contributed by atoms with van der Waals surface area (Å²) < 4.78 is 10.6. The van der Waals surface area contributed by atoms with Crippen LogP contribution in [0.25, 0.3) is 0 Å². The largest absolute Gasteiger partial charge is 0.482 e. The molecule has 2 heterocycles. The van der Waals surface area contributed by atoms with E-state index < -0.39 is 5.97 Å². The van der Waals surface area contributed by atoms with Gasteiger partial charge in [0.25, 0.3) is 11.8 Å². The average Bonchev–Trinajstić information content (AvgIpc) is 3.24. The molecule has 8 heteroatoms. The molecule has 1 aliphatic heterocycles. The monoisotopic (exact) mass is 464 g/mol. The number of esters is 1. The van der Waals surface area contributed by atoms with Crippen LogP contribution in [0.15, 0.2) is 54.6 Å². The molecule has 0 unspecified atom stereocenters. The Bertz CT molecular complexity index is 1190. The Kier molecular flexibility index (Phi) is 6.74. The molecule has 170 valence electrons. The molecule has 0 fully saturated rings. The highest BCUT2D eigenvalue weighted by Gasteiger charge is 2.25. The number of anilines is 2. The highest BCUT2D eigenvalue weighted by molar-refractivity contribution is 7.16. The topological polar surface area (TPSA) is 84.9 Å². The second-order valence-electron chi connectivity index (χ2n) is 7.42. The summed E-state index contributed by atoms with van der Waals surface area (Å²) in [6.45, 7) is 4.37. The number of hydrogen-bond donors (Lipinski definition) is 1. The third kappa shape index (κ3) is 4.90. The first kappa shape index (κ1) is 22.5. The van der Waals surface area contributed by atoms with E-state index in [2.05, 4.69) is 5.32 Å². The van der Waals surface area contributed by atoms with Gasteiger partial charge >= 0.3 is 5.97 Å². The van der Waals surface area contributed by atoms with Crippen LogP contribution in [-0.4, -0.2) is 31.0 Å². The number of nitrogens with one attached hydrogen (secondary N) is 1. The lowest BCUT2D eigenvalue weighted by atomic mass is 10.1. The zero-order chi connectivity index (χ0) is 23.4. The Hall–Kier alpha value is -3.65. The molecule has 0 saturated heterocycles. The number of rotatable bonds is 7. The molecule has 1 aliphatic rings. The minimum Gasteiger partial charge on any atom is -0.482 e. The van der Waals surface area contributed by atoms with Gasteiger partial charge in [0.2, 0.25) is 0 Å². The number of carbonyl (C=O) groups excluding carboxylic acids is 3. The van der Waals surface area contributed by atoms with Crippen molar-refractivity contribution in [1.82, 2.24) is 0 Å². The zero-order valence-electron chi connectivity index (χ0n) is 18.4. The third-order valence-electron chi connectivity index (χ3n) is 5.22. The predicted molar refractivity (Wildman–Crippen MR) is 127 cm³/mol. The van der Waals surface area contributed by atoms with Gasteiger partial charge in [-0.1, -0.05) is 31.2 Å². The number of fused-ring (bicyclic) bond motifs is 1. The first-order chi connectivity index (χ1) is 16.0. The lowest BCUT2D eigenvalue weighted by Crippen LogP contribution is -2.38. The molecule has 3 aromatic rings. The Morgan fingerprint density at radius 1 is 1.12 bits per heavy atom. The summed E-state index contributed by atoms with van der Waals surface area (Å²) in [4.78, 5) is 40.1. The molecule has 0 radical (unpaired) electrons. The Balaban J connectivity index is 1.48. The van der Waals surface area contributed by atoms with Crippen LogP contribution in [0.4, 0.5) is 10.7 Å². The third-order valence-corrected chi connectivity index (χ3v) is 6.41. The van der Waals surface area contributed by atoms with Crippen molar-refractivity contribution in [2.24, 2.45) is 0 Å². The normalized spacial score (nSPS) is 12.7. The minimum atomic E-state index is -0.449. The number of amides is 2. The first-order valence-electron chi connectivity index (χ1n) is 10.7. The van der Waals surface area contributed by atoms with E-state index >= 15 is 0 Å². The molecule has 0 spiro atoms. The van der Waals surface area contributed by atoms with Crippen molar-refractivity contribution in [1.29, 1.82) is 0 Å². The van der Waals surface area contributed by atoms with Crippen LogP contribution >= 0.6 is 11.3 Å². The maximum Gasteiger partial charge on any atom is 0.341 e. The highest BCUT2D eigenvalue weighted by Crippen LogP contribution is 2.33. The van der Waals surface area contributed by atoms with Gasteiger partial charge in [0.05, 0.1) is 24.4 Å². The van der Waals surface area contributed by atoms with Gasteiger partial charge in [-0.15, -0.1) is 11.3 Å². The molecule has 1 N–H and O–H groups in total. The summed E-state index contributed by atoms with van der Waals surface area (Å²) in [5, 5.41) is 3.32. The van der Waals surface area contributed by atoms with E-state index in [1.54, 1.807) is 30.0 Å². The van der Waals surface area contributed by atoms with E-state index in [1.165, 1.54) is 11.3 Å². The Morgan fingerprint density at radius 2 is 1.88 bits per heavy atom. The van der Waals surface area contributed by atoms with Crippen molar-refractivity contribution in [2.75, 3.05) is 23.4 Å². The number of nitrogens with zero attached hydrogens (tertiary/aromatic N) is 1. The summed E-state index contributed by atoms with van der Waals surface area (Å²) in [5.41, 5.74) is 2.43. The maximum atomic E-state index is 12.8. The molecule has 0 bridgehead atoms. The second-order valence-corrected chi connectivity index (χ2v) is 8.55. The Labute approximate surface area is 195 Å². The van der Waals surface area contributed by atoms with E-state index in [0.717, 1.165) is 22.5 Å². The number of aryl methyl sites for hydroxylation is 1. The van der Waals surface area contributed by atoms with Crippen LogP contribution in [0.1, 0.15) is 45.0 Å². The zero-order valence-corrected chi connectivity index (χ0v) is 19.2. The molecule has 0 aliphatic carbocycles. The Morgan fingerprint density at radius 3 is 2.61 bits per heavy atom. The first-order valence-corrected chi connectivity index (χ1v) is 11.5.